The number of hydrogen-bond donors (Lipinski definition) is 4. The molecule has 3 atom stereocenters. The van der Waals surface area contributed by atoms with Crippen LogP contribution in [0.5, 0.6) is 11.5 Å². The summed E-state index contributed by atoms with van der Waals surface area (Å²) >= 11 is 0. The van der Waals surface area contributed by atoms with Gasteiger partial charge in [-0.1, -0.05) is 19.9 Å². The van der Waals surface area contributed by atoms with Crippen molar-refractivity contribution in [3.8, 4) is 11.5 Å². The average Bonchev–Trinajstić information content (AvgIpc) is 2.78. The number of aliphatic hydroxyl groups excluding tert-OH is 1. The largest absolute Gasteiger partial charge is 0.493 e. The SMILES string of the molecule is COCCCOc1cc(C[C@@H](C[C@H](NC(=O)OC(C)(C)C)[C@@H](O)CNC(=O)O)C(C)C)ccc1OC. The maximum Gasteiger partial charge on any atom is 0.407 e. The van der Waals surface area contributed by atoms with Gasteiger partial charge in [-0.25, -0.2) is 9.59 Å². The molecule has 206 valence electrons. The van der Waals surface area contributed by atoms with Gasteiger partial charge in [-0.2, -0.15) is 0 Å². The van der Waals surface area contributed by atoms with Crippen molar-refractivity contribution < 1.29 is 38.7 Å². The van der Waals surface area contributed by atoms with E-state index in [0.29, 0.717) is 37.6 Å². The van der Waals surface area contributed by atoms with E-state index in [9.17, 15) is 14.7 Å². The standard InChI is InChI=1S/C26H44N2O8/c1-17(2)19(13-18-9-10-22(34-7)23(14-18)35-12-8-11-33-6)15-20(21(29)16-27-24(30)31)28-25(32)36-26(3,4)5/h9-10,14,17,19-21,27,29H,8,11-13,15-16H2,1-7H3,(H,28,32)(H,30,31)/t19-,20-,21-/m0/s1. The highest BCUT2D eigenvalue weighted by molar-refractivity contribution is 5.68. The lowest BCUT2D eigenvalue weighted by molar-refractivity contribution is 0.0391. The Hall–Kier alpha value is -2.72. The van der Waals surface area contributed by atoms with Crippen LogP contribution in [0, 0.1) is 11.8 Å². The summed E-state index contributed by atoms with van der Waals surface area (Å²) in [6.45, 7) is 10.3. The zero-order chi connectivity index (χ0) is 27.3. The Bertz CT molecular complexity index is 810. The van der Waals surface area contributed by atoms with E-state index in [2.05, 4.69) is 24.5 Å². The summed E-state index contributed by atoms with van der Waals surface area (Å²) in [6, 6.07) is 5.05. The molecule has 10 nitrogen and oxygen atoms in total. The first-order valence-electron chi connectivity index (χ1n) is 12.3. The number of aliphatic hydroxyl groups is 1. The van der Waals surface area contributed by atoms with Gasteiger partial charge in [0.2, 0.25) is 0 Å². The van der Waals surface area contributed by atoms with Crippen molar-refractivity contribution in [2.75, 3.05) is 34.0 Å². The Balaban J connectivity index is 3.05. The van der Waals surface area contributed by atoms with Crippen LogP contribution in [0.1, 0.15) is 53.0 Å². The summed E-state index contributed by atoms with van der Waals surface area (Å²) in [5.74, 6) is 1.54. The minimum absolute atomic E-state index is 0.0548. The molecule has 0 radical (unpaired) electrons. The molecule has 1 rings (SSSR count). The Morgan fingerprint density at radius 2 is 1.78 bits per heavy atom. The third-order valence-electron chi connectivity index (χ3n) is 5.60. The number of carbonyl (C=O) groups is 2. The highest BCUT2D eigenvalue weighted by Gasteiger charge is 2.29. The second-order valence-corrected chi connectivity index (χ2v) is 10.1. The van der Waals surface area contributed by atoms with Crippen LogP contribution < -0.4 is 20.1 Å². The second-order valence-electron chi connectivity index (χ2n) is 10.1. The zero-order valence-corrected chi connectivity index (χ0v) is 22.6. The fourth-order valence-corrected chi connectivity index (χ4v) is 3.67. The first-order valence-corrected chi connectivity index (χ1v) is 12.3. The number of carbonyl (C=O) groups excluding carboxylic acids is 1. The summed E-state index contributed by atoms with van der Waals surface area (Å²) < 4.78 is 21.8. The third-order valence-corrected chi connectivity index (χ3v) is 5.60. The summed E-state index contributed by atoms with van der Waals surface area (Å²) in [5.41, 5.74) is 0.310. The minimum atomic E-state index is -1.25. The van der Waals surface area contributed by atoms with Gasteiger partial charge in [0, 0.05) is 26.7 Å². The topological polar surface area (TPSA) is 136 Å². The maximum absolute atomic E-state index is 12.5. The minimum Gasteiger partial charge on any atom is -0.493 e. The van der Waals surface area contributed by atoms with Crippen LogP contribution in [-0.2, 0) is 15.9 Å². The van der Waals surface area contributed by atoms with Crippen LogP contribution in [-0.4, -0.2) is 74.1 Å². The number of amides is 2. The van der Waals surface area contributed by atoms with Crippen LogP contribution in [0.15, 0.2) is 18.2 Å². The average molecular weight is 513 g/mol. The van der Waals surface area contributed by atoms with E-state index in [1.165, 1.54) is 0 Å². The molecule has 0 bridgehead atoms. The van der Waals surface area contributed by atoms with Crippen molar-refractivity contribution >= 4 is 12.2 Å². The summed E-state index contributed by atoms with van der Waals surface area (Å²) in [6.07, 6.45) is -1.23. The van der Waals surface area contributed by atoms with E-state index >= 15 is 0 Å². The lowest BCUT2D eigenvalue weighted by atomic mass is 9.83. The van der Waals surface area contributed by atoms with E-state index < -0.39 is 29.9 Å². The van der Waals surface area contributed by atoms with Gasteiger partial charge in [-0.3, -0.25) is 0 Å². The molecule has 36 heavy (non-hydrogen) atoms. The quantitative estimate of drug-likeness (QED) is 0.260. The molecule has 10 heteroatoms. The van der Waals surface area contributed by atoms with E-state index in [1.54, 1.807) is 35.0 Å². The molecule has 2 amide bonds. The second kappa shape index (κ2) is 15.4. The molecule has 0 saturated carbocycles. The molecule has 0 aliphatic carbocycles. The van der Waals surface area contributed by atoms with Crippen molar-refractivity contribution in [2.45, 2.75) is 71.6 Å². The van der Waals surface area contributed by atoms with Crippen LogP contribution in [0.4, 0.5) is 9.59 Å². The highest BCUT2D eigenvalue weighted by atomic mass is 16.6. The molecule has 0 aliphatic rings. The number of alkyl carbamates (subject to hydrolysis) is 1. The molecular weight excluding hydrogens is 468 g/mol. The van der Waals surface area contributed by atoms with Crippen molar-refractivity contribution in [2.24, 2.45) is 11.8 Å². The number of methoxy groups -OCH3 is 2. The van der Waals surface area contributed by atoms with Gasteiger partial charge >= 0.3 is 12.2 Å². The van der Waals surface area contributed by atoms with Gasteiger partial charge in [0.1, 0.15) is 5.60 Å². The molecular formula is C26H44N2O8. The third kappa shape index (κ3) is 12.3. The Kier molecular flexibility index (Phi) is 13.4. The number of rotatable bonds is 15. The molecule has 0 aliphatic heterocycles. The molecule has 0 saturated heterocycles. The summed E-state index contributed by atoms with van der Waals surface area (Å²) in [4.78, 5) is 23.4. The van der Waals surface area contributed by atoms with Gasteiger partial charge in [0.15, 0.2) is 11.5 Å². The fraction of sp³-hybridized carbons (Fsp3) is 0.692. The molecule has 0 heterocycles. The molecule has 4 N–H and O–H groups in total. The van der Waals surface area contributed by atoms with Gasteiger partial charge in [0.25, 0.3) is 0 Å². The maximum atomic E-state index is 12.5. The van der Waals surface area contributed by atoms with Crippen molar-refractivity contribution in [3.63, 3.8) is 0 Å². The predicted octanol–water partition coefficient (Wildman–Crippen LogP) is 3.84. The van der Waals surface area contributed by atoms with Gasteiger partial charge in [0.05, 0.1) is 25.9 Å². The first kappa shape index (κ1) is 31.3. The van der Waals surface area contributed by atoms with E-state index in [0.717, 1.165) is 12.0 Å². The lowest BCUT2D eigenvalue weighted by Crippen LogP contribution is -2.50. The smallest absolute Gasteiger partial charge is 0.407 e. The van der Waals surface area contributed by atoms with Crippen molar-refractivity contribution in [3.05, 3.63) is 23.8 Å². The van der Waals surface area contributed by atoms with E-state index in [4.69, 9.17) is 24.1 Å². The predicted molar refractivity (Wildman–Crippen MR) is 137 cm³/mol. The number of ether oxygens (including phenoxy) is 4. The lowest BCUT2D eigenvalue weighted by Gasteiger charge is -2.31. The first-order chi connectivity index (χ1) is 16.9. The Morgan fingerprint density at radius 3 is 2.33 bits per heavy atom. The molecule has 0 aromatic heterocycles. The normalized spacial score (nSPS) is 14.0. The molecule has 0 unspecified atom stereocenters. The zero-order valence-electron chi connectivity index (χ0n) is 22.6. The van der Waals surface area contributed by atoms with Crippen LogP contribution in [0.2, 0.25) is 0 Å². The summed E-state index contributed by atoms with van der Waals surface area (Å²) in [5, 5.41) is 24.6. The number of hydrogen-bond acceptors (Lipinski definition) is 7. The van der Waals surface area contributed by atoms with Crippen LogP contribution in [0.3, 0.4) is 0 Å². The van der Waals surface area contributed by atoms with E-state index in [1.807, 2.05) is 18.2 Å². The van der Waals surface area contributed by atoms with E-state index in [-0.39, 0.29) is 18.4 Å². The van der Waals surface area contributed by atoms with Gasteiger partial charge in [-0.05, 0) is 63.1 Å². The highest BCUT2D eigenvalue weighted by Crippen LogP contribution is 2.31. The molecule has 1 aromatic carbocycles. The van der Waals surface area contributed by atoms with Gasteiger partial charge < -0.3 is 39.8 Å². The Labute approximate surface area is 214 Å². The van der Waals surface area contributed by atoms with Gasteiger partial charge in [-0.15, -0.1) is 0 Å². The monoisotopic (exact) mass is 512 g/mol. The van der Waals surface area contributed by atoms with Crippen LogP contribution in [0.25, 0.3) is 0 Å². The number of benzene rings is 1. The summed E-state index contributed by atoms with van der Waals surface area (Å²) in [7, 11) is 3.24. The molecule has 0 spiro atoms. The number of carboxylic acid groups (broad SMARTS) is 1. The fourth-order valence-electron chi connectivity index (χ4n) is 3.67. The van der Waals surface area contributed by atoms with Crippen molar-refractivity contribution in [1.29, 1.82) is 0 Å². The number of nitrogens with one attached hydrogen (secondary N) is 2. The van der Waals surface area contributed by atoms with Crippen molar-refractivity contribution in [1.82, 2.24) is 10.6 Å². The Morgan fingerprint density at radius 1 is 1.08 bits per heavy atom. The molecule has 0 fully saturated rings. The molecule has 1 aromatic rings. The van der Waals surface area contributed by atoms with Crippen LogP contribution >= 0.6 is 0 Å².